The molecule has 1 aliphatic heterocycles. The van der Waals surface area contributed by atoms with E-state index in [1.165, 1.54) is 18.6 Å². The predicted molar refractivity (Wildman–Crippen MR) is 186 cm³/mol. The average molecular weight is 705 g/mol. The number of aryl methyl sites for hydroxylation is 2. The summed E-state index contributed by atoms with van der Waals surface area (Å²) in [6.07, 6.45) is 6.75. The lowest BCUT2D eigenvalue weighted by Gasteiger charge is -2.39. The van der Waals surface area contributed by atoms with Crippen LogP contribution in [0, 0.1) is 0 Å². The van der Waals surface area contributed by atoms with Crippen molar-refractivity contribution in [2.24, 2.45) is 0 Å². The number of aromatic carboxylic acids is 1. The van der Waals surface area contributed by atoms with E-state index in [-0.39, 0.29) is 28.4 Å². The number of ether oxygens (including phenoxy) is 3. The first-order valence-electron chi connectivity index (χ1n) is 18.2. The molecule has 12 heteroatoms. The molecule has 0 amide bonds. The first kappa shape index (κ1) is 41.0. The SMILES string of the molecule is CCCCCCCCCc1cc(OC(=O)c2c(CCCCCCCCC)cc(O)cc2O[C@@H]2O[C@H](CO)[C@@H](O)[C@H](O)[C@H]2O)cc(O)c1C(=O)O. The normalized spacial score (nSPS) is 20.5. The summed E-state index contributed by atoms with van der Waals surface area (Å²) in [7, 11) is 0. The van der Waals surface area contributed by atoms with E-state index in [1.54, 1.807) is 0 Å². The number of aliphatic hydroxyl groups excluding tert-OH is 4. The van der Waals surface area contributed by atoms with Crippen molar-refractivity contribution in [1.82, 2.24) is 0 Å². The van der Waals surface area contributed by atoms with E-state index in [0.29, 0.717) is 36.8 Å². The van der Waals surface area contributed by atoms with Crippen LogP contribution in [-0.2, 0) is 17.6 Å². The van der Waals surface area contributed by atoms with Crippen LogP contribution in [-0.4, -0.2) is 85.0 Å². The fourth-order valence-electron chi connectivity index (χ4n) is 6.33. The minimum Gasteiger partial charge on any atom is -0.508 e. The Labute approximate surface area is 294 Å². The summed E-state index contributed by atoms with van der Waals surface area (Å²) in [6, 6.07) is 5.02. The summed E-state index contributed by atoms with van der Waals surface area (Å²) in [5, 5.41) is 71.9. The number of hydrogen-bond donors (Lipinski definition) is 7. The fourth-order valence-corrected chi connectivity index (χ4v) is 6.33. The van der Waals surface area contributed by atoms with Crippen molar-refractivity contribution in [3.63, 3.8) is 0 Å². The molecule has 5 atom stereocenters. The second-order valence-electron chi connectivity index (χ2n) is 13.2. The van der Waals surface area contributed by atoms with Gasteiger partial charge in [0.15, 0.2) is 0 Å². The molecule has 0 spiro atoms. The molecule has 280 valence electrons. The zero-order chi connectivity index (χ0) is 36.6. The van der Waals surface area contributed by atoms with E-state index in [1.807, 2.05) is 0 Å². The number of carboxylic acids is 1. The van der Waals surface area contributed by atoms with Gasteiger partial charge in [-0.05, 0) is 48.9 Å². The van der Waals surface area contributed by atoms with Crippen LogP contribution in [0.15, 0.2) is 24.3 Å². The van der Waals surface area contributed by atoms with Crippen molar-refractivity contribution in [3.05, 3.63) is 46.5 Å². The van der Waals surface area contributed by atoms with E-state index in [4.69, 9.17) is 14.2 Å². The lowest BCUT2D eigenvalue weighted by Crippen LogP contribution is -2.60. The molecule has 12 nitrogen and oxygen atoms in total. The number of esters is 1. The Hall–Kier alpha value is -3.42. The number of hydrogen-bond acceptors (Lipinski definition) is 11. The van der Waals surface area contributed by atoms with Crippen molar-refractivity contribution < 1.29 is 59.5 Å². The van der Waals surface area contributed by atoms with Gasteiger partial charge in [-0.3, -0.25) is 0 Å². The van der Waals surface area contributed by atoms with Crippen molar-refractivity contribution in [2.75, 3.05) is 6.61 Å². The largest absolute Gasteiger partial charge is 0.508 e. The van der Waals surface area contributed by atoms with Gasteiger partial charge < -0.3 is 50.0 Å². The van der Waals surface area contributed by atoms with Crippen LogP contribution in [0.25, 0.3) is 0 Å². The Kier molecular flexibility index (Phi) is 17.3. The molecule has 0 saturated carbocycles. The highest BCUT2D eigenvalue weighted by Gasteiger charge is 2.45. The number of unbranched alkanes of at least 4 members (excludes halogenated alkanes) is 12. The number of phenols is 2. The first-order chi connectivity index (χ1) is 24.0. The highest BCUT2D eigenvalue weighted by molar-refractivity contribution is 5.97. The number of aliphatic hydroxyl groups is 4. The standard InChI is InChI=1S/C38H56O12/c1-3-5-7-9-11-13-15-17-24-19-26(40)21-29(49-38-35(44)34(43)33(42)30(23-39)50-38)32(24)37(47)48-27-20-25(31(36(45)46)28(41)22-27)18-16-14-12-10-8-6-4-2/h19-22,30,33-35,38-44H,3-18,23H2,1-2H3,(H,45,46)/t30-,33-,34+,35-,38-/m1/s1. The molecule has 0 aliphatic carbocycles. The van der Waals surface area contributed by atoms with E-state index in [2.05, 4.69) is 13.8 Å². The molecular weight excluding hydrogens is 648 g/mol. The van der Waals surface area contributed by atoms with Gasteiger partial charge in [-0.25, -0.2) is 9.59 Å². The van der Waals surface area contributed by atoms with Gasteiger partial charge in [0.25, 0.3) is 0 Å². The Morgan fingerprint density at radius 3 is 1.78 bits per heavy atom. The maximum absolute atomic E-state index is 13.9. The summed E-state index contributed by atoms with van der Waals surface area (Å²) in [4.78, 5) is 26.0. The molecule has 1 aliphatic rings. The van der Waals surface area contributed by atoms with Crippen LogP contribution in [0.2, 0.25) is 0 Å². The third-order valence-corrected chi connectivity index (χ3v) is 9.16. The van der Waals surface area contributed by atoms with Crippen LogP contribution < -0.4 is 9.47 Å². The van der Waals surface area contributed by atoms with E-state index < -0.39 is 55.0 Å². The van der Waals surface area contributed by atoms with Gasteiger partial charge in [-0.1, -0.05) is 90.9 Å². The van der Waals surface area contributed by atoms with Crippen molar-refractivity contribution in [3.8, 4) is 23.0 Å². The molecule has 0 unspecified atom stereocenters. The van der Waals surface area contributed by atoms with Crippen molar-refractivity contribution in [1.29, 1.82) is 0 Å². The third-order valence-electron chi connectivity index (χ3n) is 9.16. The van der Waals surface area contributed by atoms with Gasteiger partial charge in [0.05, 0.1) is 6.61 Å². The quantitative estimate of drug-likeness (QED) is 0.0443. The van der Waals surface area contributed by atoms with Crippen molar-refractivity contribution in [2.45, 2.75) is 147 Å². The summed E-state index contributed by atoms with van der Waals surface area (Å²) < 4.78 is 17.1. The lowest BCUT2D eigenvalue weighted by atomic mass is 9.97. The van der Waals surface area contributed by atoms with Crippen LogP contribution in [0.5, 0.6) is 23.0 Å². The van der Waals surface area contributed by atoms with Gasteiger partial charge in [0.1, 0.15) is 58.5 Å². The van der Waals surface area contributed by atoms with Gasteiger partial charge in [0.2, 0.25) is 6.29 Å². The molecule has 0 aromatic heterocycles. The van der Waals surface area contributed by atoms with Crippen LogP contribution in [0.4, 0.5) is 0 Å². The van der Waals surface area contributed by atoms with Crippen LogP contribution >= 0.6 is 0 Å². The Bertz CT molecular complexity index is 1360. The summed E-state index contributed by atoms with van der Waals surface area (Å²) in [5.41, 5.74) is 0.325. The molecule has 0 radical (unpaired) electrons. The number of carboxylic acid groups (broad SMARTS) is 1. The van der Waals surface area contributed by atoms with Crippen LogP contribution in [0.3, 0.4) is 0 Å². The number of benzene rings is 2. The molecule has 3 rings (SSSR count). The number of carbonyl (C=O) groups is 2. The Morgan fingerprint density at radius 1 is 0.700 bits per heavy atom. The maximum atomic E-state index is 13.9. The predicted octanol–water partition coefficient (Wildman–Crippen LogP) is 5.78. The summed E-state index contributed by atoms with van der Waals surface area (Å²) >= 11 is 0. The van der Waals surface area contributed by atoms with Gasteiger partial charge >= 0.3 is 11.9 Å². The monoisotopic (exact) mass is 704 g/mol. The average Bonchev–Trinajstić information content (AvgIpc) is 3.07. The topological polar surface area (TPSA) is 203 Å². The maximum Gasteiger partial charge on any atom is 0.347 e. The summed E-state index contributed by atoms with van der Waals surface area (Å²) in [5.74, 6) is -3.38. The molecule has 2 aromatic carbocycles. The second-order valence-corrected chi connectivity index (χ2v) is 13.2. The zero-order valence-corrected chi connectivity index (χ0v) is 29.4. The zero-order valence-electron chi connectivity index (χ0n) is 29.4. The molecule has 0 bridgehead atoms. The van der Waals surface area contributed by atoms with E-state index in [0.717, 1.165) is 82.8 Å². The number of rotatable bonds is 22. The highest BCUT2D eigenvalue weighted by Crippen LogP contribution is 2.35. The summed E-state index contributed by atoms with van der Waals surface area (Å²) in [6.45, 7) is 3.60. The molecule has 1 heterocycles. The Morgan fingerprint density at radius 2 is 1.24 bits per heavy atom. The molecule has 50 heavy (non-hydrogen) atoms. The molecular formula is C38H56O12. The molecule has 7 N–H and O–H groups in total. The smallest absolute Gasteiger partial charge is 0.347 e. The molecule has 2 aromatic rings. The fraction of sp³-hybridized carbons (Fsp3) is 0.632. The highest BCUT2D eigenvalue weighted by atomic mass is 16.7. The second kappa shape index (κ2) is 21.1. The Balaban J connectivity index is 1.91. The number of aromatic hydroxyl groups is 2. The minimum atomic E-state index is -1.78. The number of carbonyl (C=O) groups excluding carboxylic acids is 1. The lowest BCUT2D eigenvalue weighted by molar-refractivity contribution is -0.277. The minimum absolute atomic E-state index is 0.0933. The van der Waals surface area contributed by atoms with Gasteiger partial charge in [0, 0.05) is 12.1 Å². The van der Waals surface area contributed by atoms with Crippen molar-refractivity contribution >= 4 is 11.9 Å². The van der Waals surface area contributed by atoms with E-state index in [9.17, 15) is 45.3 Å². The molecule has 1 saturated heterocycles. The third kappa shape index (κ3) is 11.8. The van der Waals surface area contributed by atoms with Gasteiger partial charge in [-0.15, -0.1) is 0 Å². The van der Waals surface area contributed by atoms with Gasteiger partial charge in [-0.2, -0.15) is 0 Å². The van der Waals surface area contributed by atoms with Crippen LogP contribution in [0.1, 0.15) is 136 Å². The molecule has 1 fully saturated rings. The number of phenolic OH excluding ortho intramolecular Hbond substituents is 1. The first-order valence-corrected chi connectivity index (χ1v) is 18.2. The van der Waals surface area contributed by atoms with E-state index >= 15 is 0 Å².